The molecule has 0 radical (unpaired) electrons. The zero-order chi connectivity index (χ0) is 14.8. The van der Waals surface area contributed by atoms with Crippen molar-refractivity contribution in [3.63, 3.8) is 0 Å². The van der Waals surface area contributed by atoms with Gasteiger partial charge in [-0.15, -0.1) is 0 Å². The van der Waals surface area contributed by atoms with Gasteiger partial charge >= 0.3 is 0 Å². The Kier molecular flexibility index (Phi) is 4.38. The fraction of sp³-hybridized carbons (Fsp3) is 0.462. The third kappa shape index (κ3) is 2.82. The molecule has 5 nitrogen and oxygen atoms in total. The summed E-state index contributed by atoms with van der Waals surface area (Å²) in [4.78, 5) is -0.421. The molecule has 1 saturated heterocycles. The van der Waals surface area contributed by atoms with Crippen LogP contribution in [-0.2, 0) is 10.0 Å². The van der Waals surface area contributed by atoms with Crippen LogP contribution >= 0.6 is 0 Å². The molecule has 1 aromatic carbocycles. The van der Waals surface area contributed by atoms with Crippen LogP contribution in [-0.4, -0.2) is 37.5 Å². The van der Waals surface area contributed by atoms with E-state index < -0.39 is 20.7 Å². The molecule has 0 bridgehead atoms. The number of aliphatic hydroxyl groups is 1. The van der Waals surface area contributed by atoms with Gasteiger partial charge in [0.25, 0.3) is 0 Å². The summed E-state index contributed by atoms with van der Waals surface area (Å²) in [5.74, 6) is -1.03. The van der Waals surface area contributed by atoms with Crippen molar-refractivity contribution in [3.8, 4) is 6.07 Å². The smallest absolute Gasteiger partial charge is 0.245 e. The first kappa shape index (κ1) is 14.9. The van der Waals surface area contributed by atoms with Crippen molar-refractivity contribution in [2.24, 2.45) is 5.92 Å². The number of hydrogen-bond acceptors (Lipinski definition) is 4. The third-order valence-corrected chi connectivity index (χ3v) is 5.32. The Morgan fingerprint density at radius 3 is 2.85 bits per heavy atom. The summed E-state index contributed by atoms with van der Waals surface area (Å²) in [5.41, 5.74) is 0.0772. The SMILES string of the molecule is N#Cc1ccc(S(=O)(=O)N2CCCC(CO)C2)c(F)c1. The zero-order valence-electron chi connectivity index (χ0n) is 10.8. The van der Waals surface area contributed by atoms with E-state index >= 15 is 0 Å². The van der Waals surface area contributed by atoms with Crippen LogP contribution in [0.15, 0.2) is 23.1 Å². The Morgan fingerprint density at radius 1 is 1.50 bits per heavy atom. The average molecular weight is 298 g/mol. The van der Waals surface area contributed by atoms with Crippen LogP contribution < -0.4 is 0 Å². The number of nitriles is 1. The molecule has 1 aliphatic heterocycles. The highest BCUT2D eigenvalue weighted by Crippen LogP contribution is 2.25. The Bertz CT molecular complexity index is 640. The van der Waals surface area contributed by atoms with Crippen molar-refractivity contribution in [3.05, 3.63) is 29.6 Å². The Hall–Kier alpha value is -1.49. The standard InChI is InChI=1S/C13H15FN2O3S/c14-12-6-10(7-15)3-4-13(12)20(18,19)16-5-1-2-11(8-16)9-17/h3-4,6,11,17H,1-2,5,8-9H2. The second kappa shape index (κ2) is 5.87. The van der Waals surface area contributed by atoms with Crippen molar-refractivity contribution in [2.75, 3.05) is 19.7 Å². The van der Waals surface area contributed by atoms with E-state index in [9.17, 15) is 12.8 Å². The van der Waals surface area contributed by atoms with E-state index in [-0.39, 0.29) is 24.6 Å². The molecule has 1 aliphatic rings. The van der Waals surface area contributed by atoms with Gasteiger partial charge in [-0.25, -0.2) is 12.8 Å². The molecule has 1 fully saturated rings. The summed E-state index contributed by atoms with van der Waals surface area (Å²) in [5, 5.41) is 17.8. The molecule has 0 aliphatic carbocycles. The molecule has 108 valence electrons. The number of benzene rings is 1. The largest absolute Gasteiger partial charge is 0.396 e. The molecule has 20 heavy (non-hydrogen) atoms. The normalized spacial score (nSPS) is 20.6. The van der Waals surface area contributed by atoms with Crippen LogP contribution in [0.25, 0.3) is 0 Å². The van der Waals surface area contributed by atoms with Crippen molar-refractivity contribution >= 4 is 10.0 Å². The van der Waals surface area contributed by atoms with Crippen LogP contribution in [0.5, 0.6) is 0 Å². The summed E-state index contributed by atoms with van der Waals surface area (Å²) in [6, 6.07) is 5.08. The molecular formula is C13H15FN2O3S. The molecule has 0 aromatic heterocycles. The molecule has 0 saturated carbocycles. The maximum atomic E-state index is 13.9. The number of halogens is 1. The van der Waals surface area contributed by atoms with Gasteiger partial charge in [0, 0.05) is 19.7 Å². The quantitative estimate of drug-likeness (QED) is 0.905. The first-order valence-corrected chi connectivity index (χ1v) is 7.73. The average Bonchev–Trinajstić information content (AvgIpc) is 2.46. The highest BCUT2D eigenvalue weighted by molar-refractivity contribution is 7.89. The molecule has 1 heterocycles. The molecule has 7 heteroatoms. The zero-order valence-corrected chi connectivity index (χ0v) is 11.6. The minimum Gasteiger partial charge on any atom is -0.396 e. The third-order valence-electron chi connectivity index (χ3n) is 3.42. The molecule has 1 atom stereocenters. The number of sulfonamides is 1. The lowest BCUT2D eigenvalue weighted by Crippen LogP contribution is -2.41. The van der Waals surface area contributed by atoms with E-state index in [2.05, 4.69) is 0 Å². The van der Waals surface area contributed by atoms with Gasteiger partial charge in [-0.3, -0.25) is 0 Å². The van der Waals surface area contributed by atoms with Crippen molar-refractivity contribution < 1.29 is 17.9 Å². The van der Waals surface area contributed by atoms with Crippen LogP contribution in [0, 0.1) is 23.1 Å². The van der Waals surface area contributed by atoms with Gasteiger partial charge in [0.15, 0.2) is 0 Å². The lowest BCUT2D eigenvalue weighted by atomic mass is 10.0. The van der Waals surface area contributed by atoms with E-state index in [1.54, 1.807) is 6.07 Å². The molecule has 0 spiro atoms. The van der Waals surface area contributed by atoms with Crippen LogP contribution in [0.4, 0.5) is 4.39 Å². The van der Waals surface area contributed by atoms with Gasteiger partial charge < -0.3 is 5.11 Å². The summed E-state index contributed by atoms with van der Waals surface area (Å²) in [7, 11) is -3.92. The minimum atomic E-state index is -3.92. The summed E-state index contributed by atoms with van der Waals surface area (Å²) in [6.45, 7) is 0.429. The highest BCUT2D eigenvalue weighted by Gasteiger charge is 2.31. The van der Waals surface area contributed by atoms with E-state index in [1.807, 2.05) is 0 Å². The molecule has 1 unspecified atom stereocenters. The second-order valence-corrected chi connectivity index (χ2v) is 6.72. The van der Waals surface area contributed by atoms with Crippen LogP contribution in [0.2, 0.25) is 0 Å². The first-order valence-electron chi connectivity index (χ1n) is 6.29. The monoisotopic (exact) mass is 298 g/mol. The van der Waals surface area contributed by atoms with E-state index in [4.69, 9.17) is 10.4 Å². The summed E-state index contributed by atoms with van der Waals surface area (Å²) < 4.78 is 39.8. The lowest BCUT2D eigenvalue weighted by Gasteiger charge is -2.31. The first-order chi connectivity index (χ1) is 9.48. The van der Waals surface area contributed by atoms with Gasteiger partial charge in [0.1, 0.15) is 10.7 Å². The minimum absolute atomic E-state index is 0.0772. The number of rotatable bonds is 3. The number of piperidine rings is 1. The van der Waals surface area contributed by atoms with Crippen molar-refractivity contribution in [2.45, 2.75) is 17.7 Å². The van der Waals surface area contributed by atoms with E-state index in [0.717, 1.165) is 18.6 Å². The van der Waals surface area contributed by atoms with Gasteiger partial charge in [0.2, 0.25) is 10.0 Å². The number of nitrogens with zero attached hydrogens (tertiary/aromatic N) is 2. The van der Waals surface area contributed by atoms with Gasteiger partial charge in [-0.2, -0.15) is 9.57 Å². The van der Waals surface area contributed by atoms with Crippen LogP contribution in [0.3, 0.4) is 0 Å². The highest BCUT2D eigenvalue weighted by atomic mass is 32.2. The maximum absolute atomic E-state index is 13.9. The van der Waals surface area contributed by atoms with Crippen molar-refractivity contribution in [1.29, 1.82) is 5.26 Å². The molecule has 0 amide bonds. The van der Waals surface area contributed by atoms with Crippen molar-refractivity contribution in [1.82, 2.24) is 4.31 Å². The molecular weight excluding hydrogens is 283 g/mol. The van der Waals surface area contributed by atoms with Gasteiger partial charge in [-0.05, 0) is 37.0 Å². The fourth-order valence-corrected chi connectivity index (χ4v) is 3.91. The molecule has 1 aromatic rings. The van der Waals surface area contributed by atoms with E-state index in [0.29, 0.717) is 13.0 Å². The Morgan fingerprint density at radius 2 is 2.25 bits per heavy atom. The second-order valence-electron chi connectivity index (χ2n) is 4.81. The Balaban J connectivity index is 2.33. The molecule has 2 rings (SSSR count). The Labute approximate surface area is 117 Å². The number of hydrogen-bond donors (Lipinski definition) is 1. The summed E-state index contributed by atoms with van der Waals surface area (Å²) in [6.07, 6.45) is 1.40. The fourth-order valence-electron chi connectivity index (χ4n) is 2.31. The topological polar surface area (TPSA) is 81.4 Å². The predicted octanol–water partition coefficient (Wildman–Crippen LogP) is 1.09. The maximum Gasteiger partial charge on any atom is 0.245 e. The van der Waals surface area contributed by atoms with E-state index in [1.165, 1.54) is 10.4 Å². The van der Waals surface area contributed by atoms with Gasteiger partial charge in [0.05, 0.1) is 11.6 Å². The van der Waals surface area contributed by atoms with Crippen LogP contribution in [0.1, 0.15) is 18.4 Å². The van der Waals surface area contributed by atoms with Gasteiger partial charge in [-0.1, -0.05) is 0 Å². The predicted molar refractivity (Wildman–Crippen MR) is 69.7 cm³/mol. The molecule has 1 N–H and O–H groups in total. The number of aliphatic hydroxyl groups excluding tert-OH is 1. The lowest BCUT2D eigenvalue weighted by molar-refractivity contribution is 0.165. The summed E-state index contributed by atoms with van der Waals surface area (Å²) >= 11 is 0.